The number of nitrogen functional groups attached to an aromatic ring is 1. The van der Waals surface area contributed by atoms with Crippen molar-refractivity contribution in [3.8, 4) is 0 Å². The number of pyridine rings is 1. The molecule has 1 amide bonds. The second-order valence-electron chi connectivity index (χ2n) is 5.54. The first-order valence-electron chi connectivity index (χ1n) is 7.36. The summed E-state index contributed by atoms with van der Waals surface area (Å²) >= 11 is 0. The summed E-state index contributed by atoms with van der Waals surface area (Å²) in [7, 11) is 0. The molecule has 0 bridgehead atoms. The van der Waals surface area contributed by atoms with Gasteiger partial charge >= 0.3 is 0 Å². The van der Waals surface area contributed by atoms with Crippen LogP contribution in [0.1, 0.15) is 49.9 Å². The van der Waals surface area contributed by atoms with Crippen molar-refractivity contribution in [3.63, 3.8) is 0 Å². The van der Waals surface area contributed by atoms with E-state index < -0.39 is 0 Å². The summed E-state index contributed by atoms with van der Waals surface area (Å²) in [5.74, 6) is 5.89. The first kappa shape index (κ1) is 14.8. The number of amides is 1. The molecule has 3 N–H and O–H groups in total. The van der Waals surface area contributed by atoms with Crippen molar-refractivity contribution in [3.05, 3.63) is 23.9 Å². The normalized spacial score (nSPS) is 17.9. The molecule has 110 valence electrons. The monoisotopic (exact) mass is 276 g/mol. The van der Waals surface area contributed by atoms with Crippen LogP contribution in [-0.2, 0) is 0 Å². The SMILES string of the molecule is CCC1(CC)CCN(C(=O)c2cccnc2NN)CC1. The van der Waals surface area contributed by atoms with Gasteiger partial charge in [-0.1, -0.05) is 26.7 Å². The Kier molecular flexibility index (Phi) is 4.60. The predicted molar refractivity (Wildman–Crippen MR) is 80.2 cm³/mol. The standard InChI is InChI=1S/C15H24N4O/c1-3-15(4-2)7-10-19(11-8-15)14(20)12-6-5-9-17-13(12)18-16/h5-6,9H,3-4,7-8,10-11,16H2,1-2H3,(H,17,18). The second kappa shape index (κ2) is 6.22. The van der Waals surface area contributed by atoms with Gasteiger partial charge in [0.1, 0.15) is 0 Å². The van der Waals surface area contributed by atoms with Gasteiger partial charge in [-0.15, -0.1) is 0 Å². The smallest absolute Gasteiger partial charge is 0.257 e. The van der Waals surface area contributed by atoms with Gasteiger partial charge in [0.05, 0.1) is 5.56 Å². The Morgan fingerprint density at radius 3 is 2.60 bits per heavy atom. The molecule has 1 aromatic heterocycles. The average Bonchev–Trinajstić information content (AvgIpc) is 2.54. The van der Waals surface area contributed by atoms with Crippen molar-refractivity contribution in [2.24, 2.45) is 11.3 Å². The Balaban J connectivity index is 2.09. The maximum Gasteiger partial charge on any atom is 0.257 e. The van der Waals surface area contributed by atoms with Gasteiger partial charge in [0, 0.05) is 19.3 Å². The van der Waals surface area contributed by atoms with Gasteiger partial charge in [0.25, 0.3) is 5.91 Å². The molecule has 2 rings (SSSR count). The number of nitrogens with two attached hydrogens (primary N) is 1. The fourth-order valence-corrected chi connectivity index (χ4v) is 3.00. The molecule has 0 aromatic carbocycles. The van der Waals surface area contributed by atoms with Crippen LogP contribution in [0.2, 0.25) is 0 Å². The van der Waals surface area contributed by atoms with Crippen LogP contribution in [0.15, 0.2) is 18.3 Å². The largest absolute Gasteiger partial charge is 0.338 e. The maximum absolute atomic E-state index is 12.6. The van der Waals surface area contributed by atoms with Crippen LogP contribution in [0.5, 0.6) is 0 Å². The van der Waals surface area contributed by atoms with Crippen LogP contribution in [0.25, 0.3) is 0 Å². The molecule has 0 unspecified atom stereocenters. The van der Waals surface area contributed by atoms with E-state index in [0.29, 0.717) is 16.8 Å². The number of nitrogens with one attached hydrogen (secondary N) is 1. The Hall–Kier alpha value is -1.62. The molecule has 20 heavy (non-hydrogen) atoms. The van der Waals surface area contributed by atoms with E-state index in [4.69, 9.17) is 5.84 Å². The summed E-state index contributed by atoms with van der Waals surface area (Å²) in [6.07, 6.45) is 6.16. The van der Waals surface area contributed by atoms with Gasteiger partial charge in [0.2, 0.25) is 0 Å². The van der Waals surface area contributed by atoms with Crippen molar-refractivity contribution >= 4 is 11.7 Å². The zero-order valence-corrected chi connectivity index (χ0v) is 12.4. The molecule has 1 fully saturated rings. The minimum Gasteiger partial charge on any atom is -0.338 e. The minimum absolute atomic E-state index is 0.0202. The number of likely N-dealkylation sites (tertiary alicyclic amines) is 1. The first-order chi connectivity index (χ1) is 9.65. The number of aromatic nitrogens is 1. The lowest BCUT2D eigenvalue weighted by Crippen LogP contribution is -2.43. The Bertz CT molecular complexity index is 461. The zero-order valence-electron chi connectivity index (χ0n) is 12.4. The van der Waals surface area contributed by atoms with Crippen molar-refractivity contribution in [1.29, 1.82) is 0 Å². The molecule has 0 atom stereocenters. The molecule has 1 aliphatic heterocycles. The molecule has 1 aliphatic rings. The van der Waals surface area contributed by atoms with E-state index in [9.17, 15) is 4.79 Å². The number of carbonyl (C=O) groups excluding carboxylic acids is 1. The third-order valence-electron chi connectivity index (χ3n) is 4.79. The fraction of sp³-hybridized carbons (Fsp3) is 0.600. The van der Waals surface area contributed by atoms with Gasteiger partial charge in [0.15, 0.2) is 5.82 Å². The number of piperidine rings is 1. The highest BCUT2D eigenvalue weighted by atomic mass is 16.2. The Labute approximate surface area is 120 Å². The Morgan fingerprint density at radius 2 is 2.05 bits per heavy atom. The van der Waals surface area contributed by atoms with Crippen molar-refractivity contribution < 1.29 is 4.79 Å². The van der Waals surface area contributed by atoms with Gasteiger partial charge in [-0.2, -0.15) is 0 Å². The molecule has 2 heterocycles. The molecular weight excluding hydrogens is 252 g/mol. The van der Waals surface area contributed by atoms with Gasteiger partial charge < -0.3 is 10.3 Å². The van der Waals surface area contributed by atoms with Crippen LogP contribution >= 0.6 is 0 Å². The van der Waals surface area contributed by atoms with E-state index in [2.05, 4.69) is 24.3 Å². The molecule has 1 aromatic rings. The summed E-state index contributed by atoms with van der Waals surface area (Å²) in [6.45, 7) is 6.13. The average molecular weight is 276 g/mol. The van der Waals surface area contributed by atoms with E-state index in [-0.39, 0.29) is 5.91 Å². The molecular formula is C15H24N4O. The summed E-state index contributed by atoms with van der Waals surface area (Å²) in [5.41, 5.74) is 3.46. The summed E-state index contributed by atoms with van der Waals surface area (Å²) in [4.78, 5) is 18.6. The number of hydrogen-bond acceptors (Lipinski definition) is 4. The van der Waals surface area contributed by atoms with E-state index >= 15 is 0 Å². The highest BCUT2D eigenvalue weighted by molar-refractivity contribution is 5.98. The maximum atomic E-state index is 12.6. The third kappa shape index (κ3) is 2.77. The summed E-state index contributed by atoms with van der Waals surface area (Å²) in [6, 6.07) is 3.53. The minimum atomic E-state index is 0.0202. The third-order valence-corrected chi connectivity index (χ3v) is 4.79. The van der Waals surface area contributed by atoms with E-state index in [1.165, 1.54) is 12.8 Å². The second-order valence-corrected chi connectivity index (χ2v) is 5.54. The van der Waals surface area contributed by atoms with Crippen molar-refractivity contribution in [1.82, 2.24) is 9.88 Å². The van der Waals surface area contributed by atoms with Crippen LogP contribution in [0.4, 0.5) is 5.82 Å². The number of rotatable bonds is 4. The van der Waals surface area contributed by atoms with Crippen LogP contribution in [-0.4, -0.2) is 28.9 Å². The van der Waals surface area contributed by atoms with Crippen LogP contribution in [0, 0.1) is 5.41 Å². The number of carbonyl (C=O) groups is 1. The van der Waals surface area contributed by atoms with Gasteiger partial charge in [-0.05, 0) is 30.4 Å². The molecule has 0 spiro atoms. The number of anilines is 1. The topological polar surface area (TPSA) is 71.2 Å². The summed E-state index contributed by atoms with van der Waals surface area (Å²) in [5, 5.41) is 0. The Morgan fingerprint density at radius 1 is 1.40 bits per heavy atom. The van der Waals surface area contributed by atoms with Crippen LogP contribution in [0.3, 0.4) is 0 Å². The van der Waals surface area contributed by atoms with Crippen molar-refractivity contribution in [2.75, 3.05) is 18.5 Å². The number of hydrogen-bond donors (Lipinski definition) is 2. The number of hydrazine groups is 1. The quantitative estimate of drug-likeness (QED) is 0.654. The zero-order chi connectivity index (χ0) is 14.6. The lowest BCUT2D eigenvalue weighted by atomic mass is 9.74. The molecule has 1 saturated heterocycles. The van der Waals surface area contributed by atoms with E-state index in [0.717, 1.165) is 25.9 Å². The molecule has 0 radical (unpaired) electrons. The molecule has 5 heteroatoms. The van der Waals surface area contributed by atoms with Gasteiger partial charge in [-0.3, -0.25) is 4.79 Å². The molecule has 5 nitrogen and oxygen atoms in total. The molecule has 0 aliphatic carbocycles. The lowest BCUT2D eigenvalue weighted by Gasteiger charge is -2.41. The van der Waals surface area contributed by atoms with Crippen LogP contribution < -0.4 is 11.3 Å². The lowest BCUT2D eigenvalue weighted by molar-refractivity contribution is 0.0558. The molecule has 0 saturated carbocycles. The van der Waals surface area contributed by atoms with E-state index in [1.807, 2.05) is 4.90 Å². The first-order valence-corrected chi connectivity index (χ1v) is 7.36. The summed E-state index contributed by atoms with van der Waals surface area (Å²) < 4.78 is 0. The highest BCUT2D eigenvalue weighted by Crippen LogP contribution is 2.38. The number of nitrogens with zero attached hydrogens (tertiary/aromatic N) is 2. The fourth-order valence-electron chi connectivity index (χ4n) is 3.00. The van der Waals surface area contributed by atoms with Gasteiger partial charge in [-0.25, -0.2) is 10.8 Å². The predicted octanol–water partition coefficient (Wildman–Crippen LogP) is 2.41. The van der Waals surface area contributed by atoms with Crippen molar-refractivity contribution in [2.45, 2.75) is 39.5 Å². The highest BCUT2D eigenvalue weighted by Gasteiger charge is 2.33. The van der Waals surface area contributed by atoms with E-state index in [1.54, 1.807) is 18.3 Å².